The molecule has 0 saturated heterocycles. The van der Waals surface area contributed by atoms with Crippen LogP contribution >= 0.6 is 7.60 Å². The van der Waals surface area contributed by atoms with Crippen LogP contribution in [0.5, 0.6) is 0 Å². The largest absolute Gasteiger partial charge is 0.349 e. The molecule has 0 unspecified atom stereocenters. The number of amides is 2. The molecule has 0 saturated carbocycles. The molecule has 0 rings (SSSR count). The van der Waals surface area contributed by atoms with Crippen molar-refractivity contribution in [3.8, 4) is 0 Å². The van der Waals surface area contributed by atoms with E-state index in [-0.39, 0.29) is 12.3 Å². The molecule has 0 radical (unpaired) electrons. The molecular formula is C8H19N2O4P. The van der Waals surface area contributed by atoms with E-state index in [1.54, 1.807) is 13.8 Å². The number of urea groups is 1. The number of rotatable bonds is 6. The Balaban J connectivity index is 4.40. The van der Waals surface area contributed by atoms with Gasteiger partial charge >= 0.3 is 13.6 Å². The van der Waals surface area contributed by atoms with Crippen molar-refractivity contribution < 1.29 is 18.4 Å². The van der Waals surface area contributed by atoms with Crippen molar-refractivity contribution in [3.05, 3.63) is 0 Å². The Morgan fingerprint density at radius 1 is 1.33 bits per heavy atom. The fourth-order valence-electron chi connectivity index (χ4n) is 1.03. The fraction of sp³-hybridized carbons (Fsp3) is 0.875. The van der Waals surface area contributed by atoms with E-state index in [0.29, 0.717) is 13.2 Å². The molecule has 0 heterocycles. The zero-order valence-corrected chi connectivity index (χ0v) is 10.5. The summed E-state index contributed by atoms with van der Waals surface area (Å²) in [6, 6.07) is -0.324. The van der Waals surface area contributed by atoms with Gasteiger partial charge in [-0.3, -0.25) is 4.57 Å². The molecule has 0 aliphatic heterocycles. The predicted octanol–water partition coefficient (Wildman–Crippen LogP) is 1.48. The van der Waals surface area contributed by atoms with Gasteiger partial charge in [-0.05, 0) is 13.8 Å². The van der Waals surface area contributed by atoms with Crippen molar-refractivity contribution in [2.75, 3.05) is 33.6 Å². The maximum atomic E-state index is 12.0. The summed E-state index contributed by atoms with van der Waals surface area (Å²) in [4.78, 5) is 12.5. The molecule has 0 aliphatic rings. The first-order valence-corrected chi connectivity index (χ1v) is 6.52. The second-order valence-electron chi connectivity index (χ2n) is 2.84. The van der Waals surface area contributed by atoms with Crippen LogP contribution in [0, 0.1) is 0 Å². The topological polar surface area (TPSA) is 67.9 Å². The van der Waals surface area contributed by atoms with Crippen LogP contribution in [-0.2, 0) is 13.6 Å². The van der Waals surface area contributed by atoms with Gasteiger partial charge in [0.25, 0.3) is 0 Å². The first-order valence-electron chi connectivity index (χ1n) is 4.80. The normalized spacial score (nSPS) is 11.2. The minimum Gasteiger partial charge on any atom is -0.341 e. The second kappa shape index (κ2) is 6.82. The van der Waals surface area contributed by atoms with Gasteiger partial charge in [-0.1, -0.05) is 0 Å². The van der Waals surface area contributed by atoms with Crippen molar-refractivity contribution in [2.24, 2.45) is 0 Å². The zero-order chi connectivity index (χ0) is 11.9. The highest BCUT2D eigenvalue weighted by atomic mass is 31.2. The average Bonchev–Trinajstić information content (AvgIpc) is 2.16. The third kappa shape index (κ3) is 5.16. The van der Waals surface area contributed by atoms with Crippen LogP contribution < -0.4 is 5.32 Å². The summed E-state index contributed by atoms with van der Waals surface area (Å²) in [5, 5.41) is 2.43. The number of hydrogen-bond acceptors (Lipinski definition) is 4. The Labute approximate surface area is 90.5 Å². The number of carbonyl (C=O) groups is 1. The lowest BCUT2D eigenvalue weighted by Gasteiger charge is -2.23. The van der Waals surface area contributed by atoms with Crippen molar-refractivity contribution in [1.29, 1.82) is 0 Å². The standard InChI is InChI=1S/C8H19N2O4P/c1-5-13-15(12,14-6-2)7-10(4)8(11)9-3/h5-7H2,1-4H3,(H,9,11). The van der Waals surface area contributed by atoms with Crippen LogP contribution in [0.1, 0.15) is 13.8 Å². The Kier molecular flexibility index (Phi) is 6.56. The van der Waals surface area contributed by atoms with Crippen LogP contribution in [-0.4, -0.2) is 44.5 Å². The van der Waals surface area contributed by atoms with E-state index in [1.807, 2.05) is 0 Å². The molecule has 7 heteroatoms. The van der Waals surface area contributed by atoms with Gasteiger partial charge in [0.15, 0.2) is 0 Å². The molecule has 1 N–H and O–H groups in total. The van der Waals surface area contributed by atoms with E-state index >= 15 is 0 Å². The number of hydrogen-bond donors (Lipinski definition) is 1. The quantitative estimate of drug-likeness (QED) is 0.712. The number of carbonyl (C=O) groups excluding carboxylic acids is 1. The monoisotopic (exact) mass is 238 g/mol. The molecule has 0 aromatic carbocycles. The van der Waals surface area contributed by atoms with Gasteiger partial charge in [-0.25, -0.2) is 4.79 Å². The fourth-order valence-corrected chi connectivity index (χ4v) is 2.70. The zero-order valence-electron chi connectivity index (χ0n) is 9.65. The lowest BCUT2D eigenvalue weighted by atomic mass is 10.8. The SMILES string of the molecule is CCOP(=O)(CN(C)C(=O)NC)OCC. The van der Waals surface area contributed by atoms with Crippen LogP contribution in [0.3, 0.4) is 0 Å². The maximum Gasteiger partial charge on any atom is 0.349 e. The van der Waals surface area contributed by atoms with Gasteiger partial charge in [0.05, 0.1) is 13.2 Å². The maximum absolute atomic E-state index is 12.0. The Morgan fingerprint density at radius 2 is 1.80 bits per heavy atom. The summed E-state index contributed by atoms with van der Waals surface area (Å²) in [6.45, 7) is 4.04. The van der Waals surface area contributed by atoms with Crippen molar-refractivity contribution in [2.45, 2.75) is 13.8 Å². The highest BCUT2D eigenvalue weighted by molar-refractivity contribution is 7.53. The van der Waals surface area contributed by atoms with Crippen molar-refractivity contribution in [3.63, 3.8) is 0 Å². The van der Waals surface area contributed by atoms with Gasteiger partial charge in [-0.15, -0.1) is 0 Å². The summed E-state index contributed by atoms with van der Waals surface area (Å²) >= 11 is 0. The highest BCUT2D eigenvalue weighted by Gasteiger charge is 2.27. The van der Waals surface area contributed by atoms with E-state index in [1.165, 1.54) is 19.0 Å². The summed E-state index contributed by atoms with van der Waals surface area (Å²) < 4.78 is 22.1. The summed E-state index contributed by atoms with van der Waals surface area (Å²) in [6.07, 6.45) is -0.0473. The Morgan fingerprint density at radius 3 is 2.13 bits per heavy atom. The van der Waals surface area contributed by atoms with Gasteiger partial charge in [0, 0.05) is 14.1 Å². The van der Waals surface area contributed by atoms with Gasteiger partial charge in [-0.2, -0.15) is 0 Å². The van der Waals surface area contributed by atoms with Crippen molar-refractivity contribution >= 4 is 13.6 Å². The molecule has 0 aromatic heterocycles. The summed E-state index contributed by atoms with van der Waals surface area (Å²) in [7, 11) is -0.141. The molecule has 0 spiro atoms. The lowest BCUT2D eigenvalue weighted by molar-refractivity contribution is 0.193. The van der Waals surface area contributed by atoms with Gasteiger partial charge < -0.3 is 19.3 Å². The molecule has 0 bridgehead atoms. The first-order chi connectivity index (χ1) is 6.99. The van der Waals surface area contributed by atoms with Gasteiger partial charge in [0.1, 0.15) is 6.29 Å². The Hall–Kier alpha value is -0.580. The van der Waals surface area contributed by atoms with Crippen molar-refractivity contribution in [1.82, 2.24) is 10.2 Å². The number of nitrogens with one attached hydrogen (secondary N) is 1. The average molecular weight is 238 g/mol. The van der Waals surface area contributed by atoms with Crippen LogP contribution in [0.4, 0.5) is 4.79 Å². The minimum absolute atomic E-state index is 0.0473. The molecule has 6 nitrogen and oxygen atoms in total. The first kappa shape index (κ1) is 14.4. The van der Waals surface area contributed by atoms with E-state index in [0.717, 1.165) is 0 Å². The summed E-state index contributed by atoms with van der Waals surface area (Å²) in [5.41, 5.74) is 0. The molecule has 15 heavy (non-hydrogen) atoms. The van der Waals surface area contributed by atoms with Crippen LogP contribution in [0.15, 0.2) is 0 Å². The predicted molar refractivity (Wildman–Crippen MR) is 57.9 cm³/mol. The molecule has 0 aliphatic carbocycles. The highest BCUT2D eigenvalue weighted by Crippen LogP contribution is 2.48. The minimum atomic E-state index is -3.18. The van der Waals surface area contributed by atoms with E-state index in [4.69, 9.17) is 9.05 Å². The molecule has 90 valence electrons. The smallest absolute Gasteiger partial charge is 0.341 e. The van der Waals surface area contributed by atoms with E-state index < -0.39 is 7.60 Å². The molecule has 0 fully saturated rings. The third-order valence-electron chi connectivity index (χ3n) is 1.60. The molecule has 0 atom stereocenters. The lowest BCUT2D eigenvalue weighted by Crippen LogP contribution is -2.35. The molecular weight excluding hydrogens is 219 g/mol. The van der Waals surface area contributed by atoms with E-state index in [9.17, 15) is 9.36 Å². The van der Waals surface area contributed by atoms with Gasteiger partial charge in [0.2, 0.25) is 0 Å². The summed E-state index contributed by atoms with van der Waals surface area (Å²) in [5.74, 6) is 0. The molecule has 0 aromatic rings. The Bertz CT molecular complexity index is 237. The third-order valence-corrected chi connectivity index (χ3v) is 3.67. The second-order valence-corrected chi connectivity index (χ2v) is 4.86. The van der Waals surface area contributed by atoms with Crippen LogP contribution in [0.2, 0.25) is 0 Å². The van der Waals surface area contributed by atoms with Crippen LogP contribution in [0.25, 0.3) is 0 Å². The van der Waals surface area contributed by atoms with E-state index in [2.05, 4.69) is 5.32 Å². The molecule has 2 amide bonds. The number of nitrogens with zero attached hydrogens (tertiary/aromatic N) is 1.